The minimum Gasteiger partial charge on any atom is -0.351 e. The van der Waals surface area contributed by atoms with Gasteiger partial charge in [0.25, 0.3) is 0 Å². The van der Waals surface area contributed by atoms with Gasteiger partial charge in [-0.15, -0.1) is 11.8 Å². The van der Waals surface area contributed by atoms with Crippen molar-refractivity contribution in [2.75, 3.05) is 5.32 Å². The number of thioether (sulfide) groups is 1. The molecule has 30 heavy (non-hydrogen) atoms. The van der Waals surface area contributed by atoms with Crippen molar-refractivity contribution in [3.05, 3.63) is 72.1 Å². The average Bonchev–Trinajstić information content (AvgIpc) is 3.13. The van der Waals surface area contributed by atoms with Crippen LogP contribution < -0.4 is 10.6 Å². The van der Waals surface area contributed by atoms with E-state index in [0.29, 0.717) is 22.8 Å². The number of nitrogens with zero attached hydrogens (tertiary/aromatic N) is 2. The van der Waals surface area contributed by atoms with Gasteiger partial charge in [-0.1, -0.05) is 6.07 Å². The van der Waals surface area contributed by atoms with Crippen LogP contribution in [0.2, 0.25) is 0 Å². The molecule has 0 bridgehead atoms. The van der Waals surface area contributed by atoms with Gasteiger partial charge >= 0.3 is 0 Å². The van der Waals surface area contributed by atoms with Crippen LogP contribution >= 0.6 is 11.8 Å². The van der Waals surface area contributed by atoms with Crippen molar-refractivity contribution in [2.24, 2.45) is 0 Å². The minimum absolute atomic E-state index is 0.132. The second-order valence-corrected chi connectivity index (χ2v) is 8.23. The fourth-order valence-corrected chi connectivity index (χ4v) is 3.79. The lowest BCUT2D eigenvalue weighted by molar-refractivity contribution is -0.120. The van der Waals surface area contributed by atoms with Crippen LogP contribution in [0.15, 0.2) is 59.8 Å². The number of carbonyl (C=O) groups is 2. The Bertz CT molecular complexity index is 1050. The zero-order valence-corrected chi connectivity index (χ0v) is 17.8. The summed E-state index contributed by atoms with van der Waals surface area (Å²) in [6, 6.07) is 12.2. The number of aromatic nitrogens is 2. The van der Waals surface area contributed by atoms with E-state index < -0.39 is 0 Å². The number of hydrogen-bond donors (Lipinski definition) is 2. The molecule has 0 saturated carbocycles. The van der Waals surface area contributed by atoms with Gasteiger partial charge in [0.15, 0.2) is 0 Å². The number of amides is 2. The number of aryl methyl sites for hydroxylation is 1. The predicted molar refractivity (Wildman–Crippen MR) is 116 cm³/mol. The monoisotopic (exact) mass is 426 g/mol. The van der Waals surface area contributed by atoms with E-state index in [1.165, 1.54) is 24.8 Å². The molecular formula is C22H23FN4O2S. The lowest BCUT2D eigenvalue weighted by Gasteiger charge is -2.13. The Morgan fingerprint density at radius 3 is 2.53 bits per heavy atom. The van der Waals surface area contributed by atoms with Crippen LogP contribution in [0.25, 0.3) is 5.69 Å². The lowest BCUT2D eigenvalue weighted by atomic mass is 10.2. The third-order valence-corrected chi connectivity index (χ3v) is 5.53. The van der Waals surface area contributed by atoms with Crippen LogP contribution in [-0.4, -0.2) is 26.6 Å². The van der Waals surface area contributed by atoms with Gasteiger partial charge in [0.2, 0.25) is 11.8 Å². The number of carbonyl (C=O) groups excluding carboxylic acids is 2. The average molecular weight is 427 g/mol. The Balaban J connectivity index is 1.55. The number of rotatable bonds is 7. The highest BCUT2D eigenvalue weighted by atomic mass is 32.2. The molecule has 0 fully saturated rings. The third-order valence-electron chi connectivity index (χ3n) is 4.42. The molecule has 1 atom stereocenters. The quantitative estimate of drug-likeness (QED) is 0.559. The number of halogens is 1. The second-order valence-electron chi connectivity index (χ2n) is 6.81. The molecule has 0 saturated heterocycles. The van der Waals surface area contributed by atoms with E-state index in [2.05, 4.69) is 15.6 Å². The maximum atomic E-state index is 14.5. The van der Waals surface area contributed by atoms with E-state index in [1.54, 1.807) is 48.1 Å². The first-order chi connectivity index (χ1) is 14.3. The van der Waals surface area contributed by atoms with Gasteiger partial charge in [0, 0.05) is 36.4 Å². The molecule has 8 heteroatoms. The SMILES string of the molecule is CC(=O)Nc1ccc(SC(C)C(=O)NCc2ccc(-n3ccnc3C)c(F)c2)cc1. The fraction of sp³-hybridized carbons (Fsp3) is 0.227. The summed E-state index contributed by atoms with van der Waals surface area (Å²) in [4.78, 5) is 28.5. The summed E-state index contributed by atoms with van der Waals surface area (Å²) < 4.78 is 16.2. The predicted octanol–water partition coefficient (Wildman–Crippen LogP) is 4.08. The van der Waals surface area contributed by atoms with Gasteiger partial charge in [-0.05, 0) is 55.8 Å². The van der Waals surface area contributed by atoms with Crippen LogP contribution in [0, 0.1) is 12.7 Å². The van der Waals surface area contributed by atoms with Gasteiger partial charge in [-0.25, -0.2) is 9.37 Å². The van der Waals surface area contributed by atoms with Gasteiger partial charge in [0.05, 0.1) is 10.9 Å². The Hall–Kier alpha value is -3.13. The Morgan fingerprint density at radius 2 is 1.93 bits per heavy atom. The third kappa shape index (κ3) is 5.48. The lowest BCUT2D eigenvalue weighted by Crippen LogP contribution is -2.30. The van der Waals surface area contributed by atoms with Crippen LogP contribution in [0.4, 0.5) is 10.1 Å². The summed E-state index contributed by atoms with van der Waals surface area (Å²) in [5.41, 5.74) is 1.81. The van der Waals surface area contributed by atoms with Crippen LogP contribution in [0.5, 0.6) is 0 Å². The summed E-state index contributed by atoms with van der Waals surface area (Å²) in [7, 11) is 0. The summed E-state index contributed by atoms with van der Waals surface area (Å²) >= 11 is 1.41. The highest BCUT2D eigenvalue weighted by Crippen LogP contribution is 2.25. The second kappa shape index (κ2) is 9.58. The van der Waals surface area contributed by atoms with Crippen molar-refractivity contribution in [3.63, 3.8) is 0 Å². The number of nitrogens with one attached hydrogen (secondary N) is 2. The van der Waals surface area contributed by atoms with Crippen LogP contribution in [-0.2, 0) is 16.1 Å². The van der Waals surface area contributed by atoms with Crippen LogP contribution in [0.3, 0.4) is 0 Å². The molecule has 156 valence electrons. The molecule has 6 nitrogen and oxygen atoms in total. The molecule has 3 rings (SSSR count). The van der Waals surface area contributed by atoms with E-state index in [9.17, 15) is 14.0 Å². The zero-order valence-electron chi connectivity index (χ0n) is 17.0. The van der Waals surface area contributed by atoms with Crippen LogP contribution in [0.1, 0.15) is 25.2 Å². The van der Waals surface area contributed by atoms with Gasteiger partial charge < -0.3 is 15.2 Å². The molecule has 0 spiro atoms. The van der Waals surface area contributed by atoms with E-state index in [4.69, 9.17) is 0 Å². The summed E-state index contributed by atoms with van der Waals surface area (Å²) in [5.74, 6) is 0.0593. The van der Waals surface area contributed by atoms with E-state index in [1.807, 2.05) is 19.1 Å². The first kappa shape index (κ1) is 21.6. The molecule has 2 amide bonds. The molecule has 1 unspecified atom stereocenters. The summed E-state index contributed by atoms with van der Waals surface area (Å²) in [6.45, 7) is 5.31. The van der Waals surface area contributed by atoms with Crippen molar-refractivity contribution >= 4 is 29.3 Å². The standard InChI is InChI=1S/C22H23FN4O2S/c1-14(30-19-7-5-18(6-8-19)26-16(3)28)22(29)25-13-17-4-9-21(20(23)12-17)27-11-10-24-15(27)2/h4-12,14H,13H2,1-3H3,(H,25,29)(H,26,28). The van der Waals surface area contributed by atoms with Crippen molar-refractivity contribution in [2.45, 2.75) is 37.5 Å². The minimum atomic E-state index is -0.371. The van der Waals surface area contributed by atoms with Gasteiger partial charge in [0.1, 0.15) is 11.6 Å². The highest BCUT2D eigenvalue weighted by Gasteiger charge is 2.15. The number of imidazole rings is 1. The van der Waals surface area contributed by atoms with Crippen molar-refractivity contribution < 1.29 is 14.0 Å². The number of anilines is 1. The Kier molecular flexibility index (Phi) is 6.89. The summed E-state index contributed by atoms with van der Waals surface area (Å²) in [5, 5.41) is 5.23. The maximum Gasteiger partial charge on any atom is 0.233 e. The molecule has 0 aliphatic carbocycles. The van der Waals surface area contributed by atoms with Crippen molar-refractivity contribution in [1.82, 2.24) is 14.9 Å². The van der Waals surface area contributed by atoms with E-state index in [0.717, 1.165) is 4.90 Å². The topological polar surface area (TPSA) is 76.0 Å². The highest BCUT2D eigenvalue weighted by molar-refractivity contribution is 8.00. The normalized spacial score (nSPS) is 11.7. The molecule has 2 N–H and O–H groups in total. The largest absolute Gasteiger partial charge is 0.351 e. The van der Waals surface area contributed by atoms with E-state index >= 15 is 0 Å². The van der Waals surface area contributed by atoms with E-state index in [-0.39, 0.29) is 29.4 Å². The molecule has 1 aromatic heterocycles. The van der Waals surface area contributed by atoms with Crippen molar-refractivity contribution in [3.8, 4) is 5.69 Å². The number of hydrogen-bond acceptors (Lipinski definition) is 4. The molecule has 1 heterocycles. The molecular weight excluding hydrogens is 403 g/mol. The Labute approximate surface area is 178 Å². The molecule has 0 aliphatic rings. The molecule has 0 aliphatic heterocycles. The first-order valence-corrected chi connectivity index (χ1v) is 10.3. The summed E-state index contributed by atoms with van der Waals surface area (Å²) in [6.07, 6.45) is 3.33. The fourth-order valence-electron chi connectivity index (χ4n) is 2.90. The van der Waals surface area contributed by atoms with Gasteiger partial charge in [-0.2, -0.15) is 0 Å². The maximum absolute atomic E-state index is 14.5. The molecule has 3 aromatic rings. The zero-order chi connectivity index (χ0) is 21.7. The smallest absolute Gasteiger partial charge is 0.233 e. The first-order valence-electron chi connectivity index (χ1n) is 9.44. The Morgan fingerprint density at radius 1 is 1.20 bits per heavy atom. The molecule has 2 aromatic carbocycles. The van der Waals surface area contributed by atoms with Gasteiger partial charge in [-0.3, -0.25) is 9.59 Å². The van der Waals surface area contributed by atoms with Crippen molar-refractivity contribution in [1.29, 1.82) is 0 Å². The molecule has 0 radical (unpaired) electrons. The number of benzene rings is 2.